The highest BCUT2D eigenvalue weighted by Gasteiger charge is 2.17. The number of carbonyl (C=O) groups is 1. The van der Waals surface area contributed by atoms with Crippen molar-refractivity contribution >= 4 is 22.8 Å². The van der Waals surface area contributed by atoms with Crippen molar-refractivity contribution in [2.24, 2.45) is 0 Å². The molecule has 6 nitrogen and oxygen atoms in total. The number of fused-ring (bicyclic) bond motifs is 2. The number of aromatic nitrogens is 2. The summed E-state index contributed by atoms with van der Waals surface area (Å²) in [7, 11) is 0. The summed E-state index contributed by atoms with van der Waals surface area (Å²) in [4.78, 5) is 12.9. The zero-order valence-electron chi connectivity index (χ0n) is 18.2. The molecular formula is C28H20N2O4. The molecule has 1 aliphatic rings. The van der Waals surface area contributed by atoms with Crippen molar-refractivity contribution in [1.82, 2.24) is 9.78 Å². The Bertz CT molecular complexity index is 1500. The Morgan fingerprint density at radius 2 is 1.68 bits per heavy atom. The van der Waals surface area contributed by atoms with Gasteiger partial charge in [0.05, 0.1) is 5.69 Å². The predicted molar refractivity (Wildman–Crippen MR) is 130 cm³/mol. The van der Waals surface area contributed by atoms with Crippen LogP contribution in [0, 0.1) is 0 Å². The first kappa shape index (κ1) is 20.1. The average Bonchev–Trinajstić information content (AvgIpc) is 3.52. The first-order valence-electron chi connectivity index (χ1n) is 11.0. The molecule has 6 heteroatoms. The number of allylic oxidation sites excluding steroid dienone is 1. The Kier molecular flexibility index (Phi) is 4.96. The van der Waals surface area contributed by atoms with Crippen molar-refractivity contribution in [3.8, 4) is 28.6 Å². The molecule has 0 atom stereocenters. The Morgan fingerprint density at radius 1 is 0.882 bits per heavy atom. The number of hydrogen-bond acceptors (Lipinski definition) is 5. The molecule has 3 heterocycles. The molecule has 0 unspecified atom stereocenters. The topological polar surface area (TPSA) is 66.5 Å². The maximum Gasteiger partial charge on any atom is 0.185 e. The molecule has 0 fully saturated rings. The summed E-state index contributed by atoms with van der Waals surface area (Å²) in [5.41, 5.74) is 3.66. The first-order chi connectivity index (χ1) is 16.7. The van der Waals surface area contributed by atoms with E-state index in [1.807, 2.05) is 66.9 Å². The van der Waals surface area contributed by atoms with Gasteiger partial charge in [-0.25, -0.2) is 4.68 Å². The van der Waals surface area contributed by atoms with Crippen molar-refractivity contribution < 1.29 is 18.7 Å². The summed E-state index contributed by atoms with van der Waals surface area (Å²) >= 11 is 0. The van der Waals surface area contributed by atoms with E-state index in [0.29, 0.717) is 41.7 Å². The normalized spacial score (nSPS) is 12.9. The Hall–Kier alpha value is -4.58. The maximum absolute atomic E-state index is 12.9. The molecule has 0 saturated heterocycles. The van der Waals surface area contributed by atoms with Gasteiger partial charge in [-0.2, -0.15) is 5.10 Å². The number of benzene rings is 3. The van der Waals surface area contributed by atoms with E-state index in [4.69, 9.17) is 19.0 Å². The van der Waals surface area contributed by atoms with E-state index in [1.165, 1.54) is 0 Å². The molecule has 1 aliphatic heterocycles. The second-order valence-electron chi connectivity index (χ2n) is 7.92. The van der Waals surface area contributed by atoms with E-state index >= 15 is 0 Å². The fourth-order valence-electron chi connectivity index (χ4n) is 3.97. The third-order valence-electron chi connectivity index (χ3n) is 5.66. The van der Waals surface area contributed by atoms with Gasteiger partial charge in [0.25, 0.3) is 0 Å². The van der Waals surface area contributed by atoms with Gasteiger partial charge in [0.1, 0.15) is 24.5 Å². The van der Waals surface area contributed by atoms with Crippen LogP contribution < -0.4 is 9.47 Å². The summed E-state index contributed by atoms with van der Waals surface area (Å²) in [5.74, 6) is 1.75. The molecule has 0 N–H and O–H groups in total. The average molecular weight is 448 g/mol. The van der Waals surface area contributed by atoms with Gasteiger partial charge in [-0.05, 0) is 54.6 Å². The molecule has 3 aromatic carbocycles. The predicted octanol–water partition coefficient (Wildman–Crippen LogP) is 5.95. The summed E-state index contributed by atoms with van der Waals surface area (Å²) in [6.45, 7) is 0.982. The standard InChI is InChI=1S/C28H20N2O4/c31-23(19-11-13-25-26(16-19)33-15-14-32-25)12-10-21-18-30(22-7-2-1-3-8-22)29-28(21)27-17-20-6-4-5-9-24(20)34-27/h1-13,16-18H,14-15H2/b12-10+. The third-order valence-corrected chi connectivity index (χ3v) is 5.66. The molecule has 166 valence electrons. The van der Waals surface area contributed by atoms with Gasteiger partial charge >= 0.3 is 0 Å². The van der Waals surface area contributed by atoms with Crippen LogP contribution in [-0.2, 0) is 0 Å². The van der Waals surface area contributed by atoms with Crippen LogP contribution in [-0.4, -0.2) is 28.8 Å². The monoisotopic (exact) mass is 448 g/mol. The molecule has 0 bridgehead atoms. The number of rotatable bonds is 5. The van der Waals surface area contributed by atoms with E-state index in [1.54, 1.807) is 35.0 Å². The number of para-hydroxylation sites is 2. The van der Waals surface area contributed by atoms with Crippen molar-refractivity contribution in [1.29, 1.82) is 0 Å². The molecular weight excluding hydrogens is 428 g/mol. The zero-order valence-corrected chi connectivity index (χ0v) is 18.2. The van der Waals surface area contributed by atoms with Crippen LogP contribution in [0.15, 0.2) is 95.6 Å². The second-order valence-corrected chi connectivity index (χ2v) is 7.92. The largest absolute Gasteiger partial charge is 0.486 e. The van der Waals surface area contributed by atoms with Crippen LogP contribution in [0.25, 0.3) is 34.2 Å². The van der Waals surface area contributed by atoms with Crippen LogP contribution in [0.3, 0.4) is 0 Å². The minimum Gasteiger partial charge on any atom is -0.486 e. The lowest BCUT2D eigenvalue weighted by Gasteiger charge is -2.18. The summed E-state index contributed by atoms with van der Waals surface area (Å²) in [5, 5.41) is 5.77. The lowest BCUT2D eigenvalue weighted by atomic mass is 10.1. The molecule has 0 aliphatic carbocycles. The fraction of sp³-hybridized carbons (Fsp3) is 0.0714. The molecule has 0 radical (unpaired) electrons. The zero-order chi connectivity index (χ0) is 22.9. The quantitative estimate of drug-likeness (QED) is 0.245. The highest BCUT2D eigenvalue weighted by molar-refractivity contribution is 6.07. The number of nitrogens with zero attached hydrogens (tertiary/aromatic N) is 2. The number of carbonyl (C=O) groups excluding carboxylic acids is 1. The van der Waals surface area contributed by atoms with Gasteiger partial charge in [-0.3, -0.25) is 4.79 Å². The minimum atomic E-state index is -0.139. The third kappa shape index (κ3) is 3.75. The minimum absolute atomic E-state index is 0.139. The molecule has 2 aromatic heterocycles. The van der Waals surface area contributed by atoms with Gasteiger partial charge in [0, 0.05) is 22.7 Å². The van der Waals surface area contributed by atoms with Gasteiger partial charge in [0.2, 0.25) is 0 Å². The summed E-state index contributed by atoms with van der Waals surface area (Å²) in [6, 6.07) is 24.8. The maximum atomic E-state index is 12.9. The molecule has 34 heavy (non-hydrogen) atoms. The van der Waals surface area contributed by atoms with Gasteiger partial charge in [0.15, 0.2) is 23.0 Å². The van der Waals surface area contributed by atoms with Crippen LogP contribution in [0.5, 0.6) is 11.5 Å². The highest BCUT2D eigenvalue weighted by atomic mass is 16.6. The summed E-state index contributed by atoms with van der Waals surface area (Å²) in [6.07, 6.45) is 5.21. The SMILES string of the molecule is O=C(/C=C/c1cn(-c2ccccc2)nc1-c1cc2ccccc2o1)c1ccc2c(c1)OCCO2. The molecule has 0 spiro atoms. The summed E-state index contributed by atoms with van der Waals surface area (Å²) < 4.78 is 19.0. The second kappa shape index (κ2) is 8.41. The number of ether oxygens (including phenoxy) is 2. The molecule has 0 amide bonds. The molecule has 6 rings (SSSR count). The molecule has 0 saturated carbocycles. The van der Waals surface area contributed by atoms with Crippen LogP contribution >= 0.6 is 0 Å². The van der Waals surface area contributed by atoms with Crippen molar-refractivity contribution in [3.63, 3.8) is 0 Å². The van der Waals surface area contributed by atoms with Crippen LogP contribution in [0.2, 0.25) is 0 Å². The van der Waals surface area contributed by atoms with Gasteiger partial charge in [-0.15, -0.1) is 0 Å². The lowest BCUT2D eigenvalue weighted by Crippen LogP contribution is -2.15. The van der Waals surface area contributed by atoms with E-state index in [2.05, 4.69) is 0 Å². The molecule has 5 aromatic rings. The van der Waals surface area contributed by atoms with Gasteiger partial charge in [-0.1, -0.05) is 36.4 Å². The number of furan rings is 1. The van der Waals surface area contributed by atoms with Crippen molar-refractivity contribution in [2.75, 3.05) is 13.2 Å². The fourth-order valence-corrected chi connectivity index (χ4v) is 3.97. The van der Waals surface area contributed by atoms with Crippen molar-refractivity contribution in [3.05, 3.63) is 102 Å². The van der Waals surface area contributed by atoms with E-state index in [0.717, 1.165) is 22.2 Å². The van der Waals surface area contributed by atoms with E-state index in [9.17, 15) is 4.79 Å². The van der Waals surface area contributed by atoms with Crippen LogP contribution in [0.1, 0.15) is 15.9 Å². The van der Waals surface area contributed by atoms with Gasteiger partial charge < -0.3 is 13.9 Å². The van der Waals surface area contributed by atoms with E-state index in [-0.39, 0.29) is 5.78 Å². The smallest absolute Gasteiger partial charge is 0.185 e. The van der Waals surface area contributed by atoms with E-state index < -0.39 is 0 Å². The Labute approximate surface area is 195 Å². The first-order valence-corrected chi connectivity index (χ1v) is 11.0. The Morgan fingerprint density at radius 3 is 2.53 bits per heavy atom. The number of ketones is 1. The highest BCUT2D eigenvalue weighted by Crippen LogP contribution is 2.32. The Balaban J connectivity index is 1.38. The lowest BCUT2D eigenvalue weighted by molar-refractivity contribution is 0.104. The number of hydrogen-bond donors (Lipinski definition) is 0. The van der Waals surface area contributed by atoms with Crippen LogP contribution in [0.4, 0.5) is 0 Å². The van der Waals surface area contributed by atoms with Crippen molar-refractivity contribution in [2.45, 2.75) is 0 Å².